The second-order valence-corrected chi connectivity index (χ2v) is 5.98. The zero-order valence-corrected chi connectivity index (χ0v) is 13.4. The van der Waals surface area contributed by atoms with Crippen molar-refractivity contribution in [1.29, 1.82) is 0 Å². The number of rotatable bonds is 6. The molecular formula is C15H22N4O2S. The number of urea groups is 1. The van der Waals surface area contributed by atoms with E-state index in [9.17, 15) is 9.59 Å². The van der Waals surface area contributed by atoms with Gasteiger partial charge < -0.3 is 15.5 Å². The monoisotopic (exact) mass is 322 g/mol. The van der Waals surface area contributed by atoms with Crippen molar-refractivity contribution >= 4 is 23.3 Å². The first-order chi connectivity index (χ1) is 10.7. The summed E-state index contributed by atoms with van der Waals surface area (Å²) in [6, 6.07) is 3.59. The largest absolute Gasteiger partial charge is 0.337 e. The molecule has 22 heavy (non-hydrogen) atoms. The maximum atomic E-state index is 12.2. The summed E-state index contributed by atoms with van der Waals surface area (Å²) in [4.78, 5) is 28.5. The molecule has 1 aliphatic rings. The summed E-state index contributed by atoms with van der Waals surface area (Å²) >= 11 is 1.48. The van der Waals surface area contributed by atoms with Crippen LogP contribution in [-0.2, 0) is 0 Å². The maximum absolute atomic E-state index is 12.2. The third kappa shape index (κ3) is 4.85. The summed E-state index contributed by atoms with van der Waals surface area (Å²) in [5.41, 5.74) is 0. The highest BCUT2D eigenvalue weighted by molar-refractivity contribution is 7.12. The average molecular weight is 322 g/mol. The molecular weight excluding hydrogens is 300 g/mol. The first-order valence-electron chi connectivity index (χ1n) is 7.38. The molecule has 0 spiro atoms. The first kappa shape index (κ1) is 16.5. The lowest BCUT2D eigenvalue weighted by molar-refractivity contribution is 0.0644. The Hall–Kier alpha value is -1.86. The summed E-state index contributed by atoms with van der Waals surface area (Å²) in [6.07, 6.45) is 1.64. The lowest BCUT2D eigenvalue weighted by Gasteiger charge is -2.34. The molecule has 0 unspecified atom stereocenters. The van der Waals surface area contributed by atoms with Crippen LogP contribution in [0, 0.1) is 0 Å². The van der Waals surface area contributed by atoms with Crippen molar-refractivity contribution in [2.45, 2.75) is 0 Å². The smallest absolute Gasteiger partial charge is 0.315 e. The fraction of sp³-hybridized carbons (Fsp3) is 0.467. The zero-order chi connectivity index (χ0) is 15.8. The number of hydrogen-bond donors (Lipinski definition) is 2. The van der Waals surface area contributed by atoms with E-state index in [1.165, 1.54) is 11.3 Å². The average Bonchev–Trinajstić information content (AvgIpc) is 3.07. The van der Waals surface area contributed by atoms with Crippen LogP contribution in [0.2, 0.25) is 0 Å². The number of carbonyl (C=O) groups excluding carboxylic acids is 2. The number of thiophene rings is 1. The van der Waals surface area contributed by atoms with Crippen LogP contribution in [0.25, 0.3) is 0 Å². The van der Waals surface area contributed by atoms with E-state index in [1.807, 2.05) is 22.4 Å². The van der Waals surface area contributed by atoms with Gasteiger partial charge in [-0.05, 0) is 11.4 Å². The summed E-state index contributed by atoms with van der Waals surface area (Å²) in [5, 5.41) is 7.40. The standard InChI is InChI=1S/C15H22N4O2S/c1-2-5-16-15(21)17-6-7-18-8-10-19(11-9-18)14(20)13-4-3-12-22-13/h2-4,12H,1,5-11H2,(H2,16,17,21). The molecule has 2 heterocycles. The van der Waals surface area contributed by atoms with Gasteiger partial charge in [-0.2, -0.15) is 0 Å². The molecule has 1 saturated heterocycles. The van der Waals surface area contributed by atoms with E-state index < -0.39 is 0 Å². The molecule has 0 saturated carbocycles. The Balaban J connectivity index is 1.64. The van der Waals surface area contributed by atoms with Crippen molar-refractivity contribution < 1.29 is 9.59 Å². The minimum atomic E-state index is -0.175. The van der Waals surface area contributed by atoms with Gasteiger partial charge in [0.25, 0.3) is 5.91 Å². The zero-order valence-electron chi connectivity index (χ0n) is 12.6. The fourth-order valence-corrected chi connectivity index (χ4v) is 2.98. The number of piperazine rings is 1. The molecule has 120 valence electrons. The van der Waals surface area contributed by atoms with Crippen LogP contribution < -0.4 is 10.6 Å². The van der Waals surface area contributed by atoms with Gasteiger partial charge in [0.05, 0.1) is 4.88 Å². The molecule has 7 heteroatoms. The van der Waals surface area contributed by atoms with E-state index in [4.69, 9.17) is 0 Å². The Morgan fingerprint density at radius 3 is 2.68 bits per heavy atom. The molecule has 3 amide bonds. The lowest BCUT2D eigenvalue weighted by Crippen LogP contribution is -2.50. The molecule has 0 bridgehead atoms. The molecule has 0 radical (unpaired) electrons. The van der Waals surface area contributed by atoms with Gasteiger partial charge in [-0.3, -0.25) is 9.69 Å². The third-order valence-corrected chi connectivity index (χ3v) is 4.37. The van der Waals surface area contributed by atoms with Gasteiger partial charge in [0.15, 0.2) is 0 Å². The van der Waals surface area contributed by atoms with Crippen LogP contribution in [0.5, 0.6) is 0 Å². The van der Waals surface area contributed by atoms with E-state index in [2.05, 4.69) is 22.1 Å². The number of nitrogens with zero attached hydrogens (tertiary/aromatic N) is 2. The topological polar surface area (TPSA) is 64.7 Å². The van der Waals surface area contributed by atoms with E-state index in [-0.39, 0.29) is 11.9 Å². The van der Waals surface area contributed by atoms with Gasteiger partial charge in [-0.25, -0.2) is 4.79 Å². The van der Waals surface area contributed by atoms with E-state index in [0.717, 1.165) is 37.6 Å². The SMILES string of the molecule is C=CCNC(=O)NCCN1CCN(C(=O)c2cccs2)CC1. The van der Waals surface area contributed by atoms with Crippen molar-refractivity contribution in [1.82, 2.24) is 20.4 Å². The normalized spacial score (nSPS) is 15.4. The van der Waals surface area contributed by atoms with Gasteiger partial charge in [0, 0.05) is 45.8 Å². The van der Waals surface area contributed by atoms with Gasteiger partial charge in [-0.15, -0.1) is 17.9 Å². The molecule has 0 aliphatic carbocycles. The lowest BCUT2D eigenvalue weighted by atomic mass is 10.3. The number of carbonyl (C=O) groups is 2. The minimum absolute atomic E-state index is 0.122. The highest BCUT2D eigenvalue weighted by Gasteiger charge is 2.22. The van der Waals surface area contributed by atoms with Gasteiger partial charge >= 0.3 is 6.03 Å². The van der Waals surface area contributed by atoms with Crippen molar-refractivity contribution in [2.24, 2.45) is 0 Å². The van der Waals surface area contributed by atoms with Crippen molar-refractivity contribution in [2.75, 3.05) is 45.8 Å². The van der Waals surface area contributed by atoms with Crippen molar-refractivity contribution in [3.63, 3.8) is 0 Å². The van der Waals surface area contributed by atoms with Gasteiger partial charge in [0.2, 0.25) is 0 Å². The van der Waals surface area contributed by atoms with E-state index in [1.54, 1.807) is 6.08 Å². The van der Waals surface area contributed by atoms with Crippen LogP contribution in [0.1, 0.15) is 9.67 Å². The molecule has 2 N–H and O–H groups in total. The fourth-order valence-electron chi connectivity index (χ4n) is 2.29. The molecule has 1 aromatic heterocycles. The first-order valence-corrected chi connectivity index (χ1v) is 8.26. The predicted octanol–water partition coefficient (Wildman–Crippen LogP) is 0.991. The Bertz CT molecular complexity index is 496. The van der Waals surface area contributed by atoms with Crippen LogP contribution in [0.15, 0.2) is 30.2 Å². The molecule has 2 rings (SSSR count). The minimum Gasteiger partial charge on any atom is -0.337 e. The van der Waals surface area contributed by atoms with Crippen LogP contribution in [-0.4, -0.2) is 67.6 Å². The second-order valence-electron chi connectivity index (χ2n) is 5.04. The van der Waals surface area contributed by atoms with Crippen LogP contribution in [0.3, 0.4) is 0 Å². The molecule has 0 aromatic carbocycles. The Kier molecular flexibility index (Phi) is 6.42. The highest BCUT2D eigenvalue weighted by Crippen LogP contribution is 2.13. The highest BCUT2D eigenvalue weighted by atomic mass is 32.1. The Labute approximate surface area is 134 Å². The predicted molar refractivity (Wildman–Crippen MR) is 88.3 cm³/mol. The summed E-state index contributed by atoms with van der Waals surface area (Å²) in [7, 11) is 0. The summed E-state index contributed by atoms with van der Waals surface area (Å²) < 4.78 is 0. The maximum Gasteiger partial charge on any atom is 0.315 e. The Morgan fingerprint density at radius 2 is 2.05 bits per heavy atom. The van der Waals surface area contributed by atoms with Crippen molar-refractivity contribution in [3.05, 3.63) is 35.0 Å². The molecule has 1 aromatic rings. The van der Waals surface area contributed by atoms with Gasteiger partial charge in [0.1, 0.15) is 0 Å². The molecule has 0 atom stereocenters. The van der Waals surface area contributed by atoms with Crippen LogP contribution in [0.4, 0.5) is 4.79 Å². The summed E-state index contributed by atoms with van der Waals surface area (Å²) in [5.74, 6) is 0.122. The second kappa shape index (κ2) is 8.55. The number of hydrogen-bond acceptors (Lipinski definition) is 4. The third-order valence-electron chi connectivity index (χ3n) is 3.51. The summed E-state index contributed by atoms with van der Waals surface area (Å²) in [6.45, 7) is 8.56. The number of amides is 3. The molecule has 1 aliphatic heterocycles. The van der Waals surface area contributed by atoms with Crippen LogP contribution >= 0.6 is 11.3 Å². The molecule has 1 fully saturated rings. The number of nitrogens with one attached hydrogen (secondary N) is 2. The van der Waals surface area contributed by atoms with E-state index >= 15 is 0 Å². The van der Waals surface area contributed by atoms with Gasteiger partial charge in [-0.1, -0.05) is 12.1 Å². The molecule has 6 nitrogen and oxygen atoms in total. The van der Waals surface area contributed by atoms with Crippen molar-refractivity contribution in [3.8, 4) is 0 Å². The Morgan fingerprint density at radius 1 is 1.27 bits per heavy atom. The van der Waals surface area contributed by atoms with E-state index in [0.29, 0.717) is 13.1 Å². The quantitative estimate of drug-likeness (QED) is 0.768.